The molecule has 1 aliphatic rings. The number of benzene rings is 1. The van der Waals surface area contributed by atoms with E-state index in [-0.39, 0.29) is 5.69 Å². The smallest absolute Gasteiger partial charge is 0.173 e. The van der Waals surface area contributed by atoms with Crippen LogP contribution in [0.4, 0.5) is 20.2 Å². The summed E-state index contributed by atoms with van der Waals surface area (Å²) in [5.41, 5.74) is 4.62. The second kappa shape index (κ2) is 4.37. The molecule has 0 bridgehead atoms. The number of halogens is 2. The second-order valence-electron chi connectivity index (χ2n) is 3.88. The van der Waals surface area contributed by atoms with Crippen LogP contribution in [0.3, 0.4) is 0 Å². The van der Waals surface area contributed by atoms with Crippen LogP contribution in [-0.4, -0.2) is 9.96 Å². The van der Waals surface area contributed by atoms with Crippen molar-refractivity contribution in [3.8, 4) is 0 Å². The van der Waals surface area contributed by atoms with E-state index in [0.717, 1.165) is 18.9 Å². The zero-order valence-corrected chi connectivity index (χ0v) is 9.32. The zero-order valence-electron chi connectivity index (χ0n) is 8.50. The van der Waals surface area contributed by atoms with Gasteiger partial charge in [-0.1, -0.05) is 0 Å². The average molecular weight is 246 g/mol. The molecule has 0 aromatic heterocycles. The van der Waals surface area contributed by atoms with E-state index in [9.17, 15) is 13.0 Å². The van der Waals surface area contributed by atoms with Crippen LogP contribution >= 0.6 is 0 Å². The van der Waals surface area contributed by atoms with Crippen LogP contribution in [0.2, 0.25) is 0 Å². The fourth-order valence-electron chi connectivity index (χ4n) is 1.31. The van der Waals surface area contributed by atoms with Crippen molar-refractivity contribution >= 4 is 22.4 Å². The van der Waals surface area contributed by atoms with Gasteiger partial charge in [0.2, 0.25) is 0 Å². The van der Waals surface area contributed by atoms with Gasteiger partial charge in [0.15, 0.2) is 5.82 Å². The Kier molecular flexibility index (Phi) is 3.09. The molecule has 0 spiro atoms. The molecule has 1 aromatic carbocycles. The minimum atomic E-state index is -1.33. The highest BCUT2D eigenvalue weighted by molar-refractivity contribution is 7.86. The van der Waals surface area contributed by atoms with Crippen LogP contribution < -0.4 is 10.5 Å². The first-order valence-electron chi connectivity index (χ1n) is 4.96. The van der Waals surface area contributed by atoms with Crippen LogP contribution in [0, 0.1) is 17.6 Å². The highest BCUT2D eigenvalue weighted by Crippen LogP contribution is 2.30. The summed E-state index contributed by atoms with van der Waals surface area (Å²) in [6.45, 7) is 0. The number of hydrogen-bond donors (Lipinski definition) is 2. The summed E-state index contributed by atoms with van der Waals surface area (Å²) in [4.78, 5) is 0. The van der Waals surface area contributed by atoms with Crippen molar-refractivity contribution in [1.82, 2.24) is 0 Å². The number of nitrogen functional groups attached to an aromatic ring is 1. The van der Waals surface area contributed by atoms with Gasteiger partial charge >= 0.3 is 0 Å². The van der Waals surface area contributed by atoms with Crippen molar-refractivity contribution < 1.29 is 13.0 Å². The first kappa shape index (κ1) is 11.3. The van der Waals surface area contributed by atoms with E-state index in [1.54, 1.807) is 0 Å². The van der Waals surface area contributed by atoms with E-state index in [0.29, 0.717) is 11.7 Å². The van der Waals surface area contributed by atoms with Crippen LogP contribution in [0.15, 0.2) is 12.1 Å². The molecule has 6 heteroatoms. The number of rotatable bonds is 4. The molecule has 1 fully saturated rings. The lowest BCUT2D eigenvalue weighted by molar-refractivity contribution is 0.594. The summed E-state index contributed by atoms with van der Waals surface area (Å²) >= 11 is 0. The summed E-state index contributed by atoms with van der Waals surface area (Å²) in [6, 6.07) is 2.25. The molecular weight excluding hydrogens is 234 g/mol. The molecular formula is C10H12F2N2OS. The van der Waals surface area contributed by atoms with Gasteiger partial charge in [-0.25, -0.2) is 13.0 Å². The lowest BCUT2D eigenvalue weighted by Gasteiger charge is -2.08. The van der Waals surface area contributed by atoms with Gasteiger partial charge < -0.3 is 10.5 Å². The Bertz CT molecular complexity index is 435. The van der Waals surface area contributed by atoms with E-state index in [2.05, 4.69) is 4.72 Å². The third-order valence-electron chi connectivity index (χ3n) is 2.43. The highest BCUT2D eigenvalue weighted by Gasteiger charge is 2.24. The molecule has 2 rings (SSSR count). The fourth-order valence-corrected chi connectivity index (χ4v) is 2.56. The molecule has 1 aliphatic carbocycles. The maximum Gasteiger partial charge on any atom is 0.173 e. The number of anilines is 2. The third kappa shape index (κ3) is 2.49. The van der Waals surface area contributed by atoms with Gasteiger partial charge in [0, 0.05) is 5.75 Å². The van der Waals surface area contributed by atoms with Crippen LogP contribution in [0.5, 0.6) is 0 Å². The van der Waals surface area contributed by atoms with Gasteiger partial charge in [-0.3, -0.25) is 0 Å². The van der Waals surface area contributed by atoms with Gasteiger partial charge in [0.1, 0.15) is 22.5 Å². The van der Waals surface area contributed by atoms with Crippen molar-refractivity contribution in [2.45, 2.75) is 12.8 Å². The Hall–Kier alpha value is -1.17. The highest BCUT2D eigenvalue weighted by atomic mass is 32.2. The van der Waals surface area contributed by atoms with Crippen LogP contribution in [0.1, 0.15) is 12.8 Å². The molecule has 1 saturated carbocycles. The van der Waals surface area contributed by atoms with E-state index in [1.807, 2.05) is 0 Å². The van der Waals surface area contributed by atoms with E-state index in [4.69, 9.17) is 5.73 Å². The predicted molar refractivity (Wildman–Crippen MR) is 60.1 cm³/mol. The Morgan fingerprint density at radius 2 is 2.12 bits per heavy atom. The molecule has 1 unspecified atom stereocenters. The zero-order chi connectivity index (χ0) is 11.7. The average Bonchev–Trinajstić information content (AvgIpc) is 3.03. The molecule has 0 radical (unpaired) electrons. The Labute approximate surface area is 94.6 Å². The third-order valence-corrected chi connectivity index (χ3v) is 3.66. The quantitative estimate of drug-likeness (QED) is 0.799. The van der Waals surface area contributed by atoms with Gasteiger partial charge in [-0.2, -0.15) is 0 Å². The number of hydrogen-bond acceptors (Lipinski definition) is 2. The van der Waals surface area contributed by atoms with Gasteiger partial charge in [0.05, 0.1) is 5.69 Å². The Balaban J connectivity index is 2.08. The standard InChI is InChI=1S/C10H12F2N2OS/c11-7-3-4-8(9(12)10(7)13)14-16(15)5-6-1-2-6/h3-4,6,14H,1-2,5,13H2. The van der Waals surface area contributed by atoms with Crippen LogP contribution in [0.25, 0.3) is 0 Å². The van der Waals surface area contributed by atoms with E-state index in [1.165, 1.54) is 6.07 Å². The van der Waals surface area contributed by atoms with Crippen molar-refractivity contribution in [2.75, 3.05) is 16.2 Å². The first-order chi connectivity index (χ1) is 7.58. The van der Waals surface area contributed by atoms with Crippen molar-refractivity contribution in [1.29, 1.82) is 0 Å². The molecule has 0 saturated heterocycles. The Morgan fingerprint density at radius 1 is 1.44 bits per heavy atom. The summed E-state index contributed by atoms with van der Waals surface area (Å²) in [7, 11) is -1.33. The number of nitrogens with two attached hydrogens (primary N) is 1. The summed E-state index contributed by atoms with van der Waals surface area (Å²) < 4.78 is 40.3. The topological polar surface area (TPSA) is 55.1 Å². The summed E-state index contributed by atoms with van der Waals surface area (Å²) in [5.74, 6) is -0.731. The minimum Gasteiger partial charge on any atom is -0.394 e. The monoisotopic (exact) mass is 246 g/mol. The van der Waals surface area contributed by atoms with Crippen molar-refractivity contribution in [3.63, 3.8) is 0 Å². The molecule has 1 atom stereocenters. The maximum absolute atomic E-state index is 13.4. The molecule has 0 heterocycles. The molecule has 88 valence electrons. The normalized spacial score (nSPS) is 17.1. The van der Waals surface area contributed by atoms with Crippen LogP contribution in [-0.2, 0) is 11.0 Å². The number of nitrogens with one attached hydrogen (secondary N) is 1. The molecule has 1 aromatic rings. The lowest BCUT2D eigenvalue weighted by atomic mass is 10.2. The lowest BCUT2D eigenvalue weighted by Crippen LogP contribution is -2.12. The van der Waals surface area contributed by atoms with Gasteiger partial charge in [-0.05, 0) is 30.9 Å². The van der Waals surface area contributed by atoms with Gasteiger partial charge in [0.25, 0.3) is 0 Å². The fraction of sp³-hybridized carbons (Fsp3) is 0.400. The van der Waals surface area contributed by atoms with E-state index < -0.39 is 28.3 Å². The first-order valence-corrected chi connectivity index (χ1v) is 6.28. The summed E-state index contributed by atoms with van der Waals surface area (Å²) in [6.07, 6.45) is 2.14. The predicted octanol–water partition coefficient (Wildman–Crippen LogP) is 2.03. The molecule has 16 heavy (non-hydrogen) atoms. The van der Waals surface area contributed by atoms with E-state index >= 15 is 0 Å². The SMILES string of the molecule is Nc1c(F)ccc(NS(=O)CC2CC2)c1F. The van der Waals surface area contributed by atoms with Gasteiger partial charge in [-0.15, -0.1) is 0 Å². The molecule has 3 N–H and O–H groups in total. The largest absolute Gasteiger partial charge is 0.394 e. The molecule has 0 amide bonds. The molecule has 3 nitrogen and oxygen atoms in total. The van der Waals surface area contributed by atoms with Crippen molar-refractivity contribution in [2.24, 2.45) is 5.92 Å². The minimum absolute atomic E-state index is 0.0158. The maximum atomic E-state index is 13.4. The van der Waals surface area contributed by atoms with Crippen molar-refractivity contribution in [3.05, 3.63) is 23.8 Å². The summed E-state index contributed by atoms with van der Waals surface area (Å²) in [5, 5.41) is 0. The molecule has 0 aliphatic heterocycles. The Morgan fingerprint density at radius 3 is 2.75 bits per heavy atom. The second-order valence-corrected chi connectivity index (χ2v) is 5.11.